The topological polar surface area (TPSA) is 52.0 Å². The smallest absolute Gasteiger partial charge is 0.0430 e. The zero-order valence-electron chi connectivity index (χ0n) is 10.1. The highest BCUT2D eigenvalue weighted by Gasteiger charge is 2.16. The molecule has 1 aromatic carbocycles. The third-order valence-corrected chi connectivity index (χ3v) is 3.19. The first-order valence-electron chi connectivity index (χ1n) is 5.17. The summed E-state index contributed by atoms with van der Waals surface area (Å²) in [6.45, 7) is 7.08. The van der Waals surface area contributed by atoms with Crippen LogP contribution < -0.4 is 11.5 Å². The molecular formula is C12H21ClN2S. The summed E-state index contributed by atoms with van der Waals surface area (Å²) in [7, 11) is 0. The van der Waals surface area contributed by atoms with Crippen molar-refractivity contribution in [3.05, 3.63) is 29.8 Å². The van der Waals surface area contributed by atoms with E-state index in [9.17, 15) is 0 Å². The van der Waals surface area contributed by atoms with Crippen molar-refractivity contribution < 1.29 is 0 Å². The molecule has 0 fully saturated rings. The first kappa shape index (κ1) is 15.8. The predicted molar refractivity (Wildman–Crippen MR) is 75.3 cm³/mol. The molecule has 0 saturated carbocycles. The van der Waals surface area contributed by atoms with Gasteiger partial charge in [0, 0.05) is 22.2 Å². The Morgan fingerprint density at radius 2 is 1.81 bits per heavy atom. The van der Waals surface area contributed by atoms with Crippen molar-refractivity contribution in [2.24, 2.45) is 11.5 Å². The summed E-state index contributed by atoms with van der Waals surface area (Å²) in [5.74, 6) is 0. The van der Waals surface area contributed by atoms with Gasteiger partial charge in [-0.3, -0.25) is 0 Å². The first-order valence-corrected chi connectivity index (χ1v) is 5.99. The van der Waals surface area contributed by atoms with Crippen molar-refractivity contribution in [3.63, 3.8) is 0 Å². The highest BCUT2D eigenvalue weighted by molar-refractivity contribution is 8.00. The summed E-state index contributed by atoms with van der Waals surface area (Å²) in [6, 6.07) is 8.17. The van der Waals surface area contributed by atoms with Gasteiger partial charge < -0.3 is 11.5 Å². The number of halogens is 1. The molecular weight excluding hydrogens is 240 g/mol. The van der Waals surface area contributed by atoms with E-state index >= 15 is 0 Å². The molecule has 0 heterocycles. The SMILES string of the molecule is CC(C)(C)Sc1ccccc1[C@@H](N)CN.Cl. The average Bonchev–Trinajstić information content (AvgIpc) is 2.15. The van der Waals surface area contributed by atoms with Crippen molar-refractivity contribution in [2.75, 3.05) is 6.54 Å². The molecule has 0 radical (unpaired) electrons. The molecule has 0 aliphatic rings. The minimum atomic E-state index is -0.0592. The molecule has 1 atom stereocenters. The Morgan fingerprint density at radius 1 is 1.25 bits per heavy atom. The molecule has 0 amide bonds. The van der Waals surface area contributed by atoms with Crippen LogP contribution >= 0.6 is 24.2 Å². The van der Waals surface area contributed by atoms with Crippen LogP contribution in [-0.4, -0.2) is 11.3 Å². The van der Waals surface area contributed by atoms with Gasteiger partial charge in [0.2, 0.25) is 0 Å². The fraction of sp³-hybridized carbons (Fsp3) is 0.500. The molecule has 0 saturated heterocycles. The molecule has 2 nitrogen and oxygen atoms in total. The second-order valence-corrected chi connectivity index (χ2v) is 6.46. The summed E-state index contributed by atoms with van der Waals surface area (Å²) in [5.41, 5.74) is 12.7. The Morgan fingerprint density at radius 3 is 2.31 bits per heavy atom. The van der Waals surface area contributed by atoms with Crippen LogP contribution in [0.3, 0.4) is 0 Å². The molecule has 0 bridgehead atoms. The van der Waals surface area contributed by atoms with Gasteiger partial charge in [0.25, 0.3) is 0 Å². The van der Waals surface area contributed by atoms with E-state index in [1.54, 1.807) is 0 Å². The van der Waals surface area contributed by atoms with E-state index < -0.39 is 0 Å². The van der Waals surface area contributed by atoms with E-state index in [1.165, 1.54) is 4.90 Å². The quantitative estimate of drug-likeness (QED) is 0.822. The van der Waals surface area contributed by atoms with Crippen LogP contribution in [-0.2, 0) is 0 Å². The number of thioether (sulfide) groups is 1. The van der Waals surface area contributed by atoms with Crippen molar-refractivity contribution in [1.29, 1.82) is 0 Å². The van der Waals surface area contributed by atoms with E-state index in [2.05, 4.69) is 32.9 Å². The molecule has 4 N–H and O–H groups in total. The first-order chi connectivity index (χ1) is 6.94. The van der Waals surface area contributed by atoms with Crippen molar-refractivity contribution in [1.82, 2.24) is 0 Å². The van der Waals surface area contributed by atoms with Crippen LogP contribution in [0.25, 0.3) is 0 Å². The second kappa shape index (κ2) is 6.50. The van der Waals surface area contributed by atoms with Gasteiger partial charge in [-0.05, 0) is 11.6 Å². The molecule has 0 unspecified atom stereocenters. The summed E-state index contributed by atoms with van der Waals surface area (Å²) in [6.07, 6.45) is 0. The maximum absolute atomic E-state index is 5.98. The number of nitrogens with two attached hydrogens (primary N) is 2. The van der Waals surface area contributed by atoms with E-state index in [1.807, 2.05) is 23.9 Å². The van der Waals surface area contributed by atoms with Crippen LogP contribution in [0.2, 0.25) is 0 Å². The van der Waals surface area contributed by atoms with Crippen LogP contribution in [0.4, 0.5) is 0 Å². The van der Waals surface area contributed by atoms with Crippen LogP contribution in [0, 0.1) is 0 Å². The Bertz CT molecular complexity index is 323. The van der Waals surface area contributed by atoms with Gasteiger partial charge in [-0.2, -0.15) is 0 Å². The largest absolute Gasteiger partial charge is 0.329 e. The number of hydrogen-bond donors (Lipinski definition) is 2. The lowest BCUT2D eigenvalue weighted by Crippen LogP contribution is -2.22. The highest BCUT2D eigenvalue weighted by Crippen LogP contribution is 2.35. The molecule has 1 rings (SSSR count). The lowest BCUT2D eigenvalue weighted by molar-refractivity contribution is 0.719. The molecule has 0 aromatic heterocycles. The molecule has 0 aliphatic carbocycles. The Hall–Kier alpha value is -0.220. The maximum atomic E-state index is 5.98. The number of hydrogen-bond acceptors (Lipinski definition) is 3. The molecule has 16 heavy (non-hydrogen) atoms. The third-order valence-electron chi connectivity index (χ3n) is 1.99. The molecule has 1 aromatic rings. The molecule has 4 heteroatoms. The fourth-order valence-electron chi connectivity index (χ4n) is 1.34. The number of benzene rings is 1. The molecule has 0 spiro atoms. The van der Waals surface area contributed by atoms with Crippen LogP contribution in [0.5, 0.6) is 0 Å². The second-order valence-electron chi connectivity index (χ2n) is 4.59. The predicted octanol–water partition coefficient (Wildman–Crippen LogP) is 2.96. The molecule has 92 valence electrons. The minimum Gasteiger partial charge on any atom is -0.329 e. The summed E-state index contributed by atoms with van der Waals surface area (Å²) >= 11 is 1.84. The minimum absolute atomic E-state index is 0. The average molecular weight is 261 g/mol. The molecule has 0 aliphatic heterocycles. The van der Waals surface area contributed by atoms with E-state index in [4.69, 9.17) is 11.5 Å². The normalized spacial score (nSPS) is 13.1. The zero-order chi connectivity index (χ0) is 11.5. The van der Waals surface area contributed by atoms with Gasteiger partial charge in [0.1, 0.15) is 0 Å². The Labute approximate surface area is 109 Å². The van der Waals surface area contributed by atoms with Gasteiger partial charge in [0.05, 0.1) is 0 Å². The van der Waals surface area contributed by atoms with E-state index in [0.29, 0.717) is 6.54 Å². The number of rotatable bonds is 3. The summed E-state index contributed by atoms with van der Waals surface area (Å²) in [4.78, 5) is 1.24. The van der Waals surface area contributed by atoms with Gasteiger partial charge in [-0.15, -0.1) is 24.2 Å². The van der Waals surface area contributed by atoms with E-state index in [-0.39, 0.29) is 23.2 Å². The Balaban J connectivity index is 0.00000225. The zero-order valence-corrected chi connectivity index (χ0v) is 11.7. The van der Waals surface area contributed by atoms with Crippen molar-refractivity contribution >= 4 is 24.2 Å². The van der Waals surface area contributed by atoms with Gasteiger partial charge in [-0.1, -0.05) is 39.0 Å². The monoisotopic (exact) mass is 260 g/mol. The fourth-order valence-corrected chi connectivity index (χ4v) is 2.48. The van der Waals surface area contributed by atoms with Gasteiger partial charge >= 0.3 is 0 Å². The Kier molecular flexibility index (Phi) is 6.41. The summed E-state index contributed by atoms with van der Waals surface area (Å²) in [5, 5.41) is 0. The van der Waals surface area contributed by atoms with E-state index in [0.717, 1.165) is 5.56 Å². The maximum Gasteiger partial charge on any atom is 0.0430 e. The van der Waals surface area contributed by atoms with Crippen LogP contribution in [0.1, 0.15) is 32.4 Å². The summed E-state index contributed by atoms with van der Waals surface area (Å²) < 4.78 is 0.199. The highest BCUT2D eigenvalue weighted by atomic mass is 35.5. The van der Waals surface area contributed by atoms with Crippen molar-refractivity contribution in [3.8, 4) is 0 Å². The van der Waals surface area contributed by atoms with Gasteiger partial charge in [-0.25, -0.2) is 0 Å². The van der Waals surface area contributed by atoms with Gasteiger partial charge in [0.15, 0.2) is 0 Å². The lowest BCUT2D eigenvalue weighted by atomic mass is 10.1. The van der Waals surface area contributed by atoms with Crippen molar-refractivity contribution in [2.45, 2.75) is 36.5 Å². The van der Waals surface area contributed by atoms with Crippen LogP contribution in [0.15, 0.2) is 29.2 Å². The third kappa shape index (κ3) is 4.74. The standard InChI is InChI=1S/C12H20N2S.ClH/c1-12(2,3)15-11-7-5-4-6-9(11)10(14)8-13;/h4-7,10H,8,13-14H2,1-3H3;1H/t10-;/m0./s1. The lowest BCUT2D eigenvalue weighted by Gasteiger charge is -2.21.